The summed E-state index contributed by atoms with van der Waals surface area (Å²) < 4.78 is 0. The first kappa shape index (κ1) is 15.6. The Hall–Kier alpha value is -0.800. The Morgan fingerprint density at radius 3 is 2.80 bits per heavy atom. The summed E-state index contributed by atoms with van der Waals surface area (Å²) in [6.07, 6.45) is 3.80. The first-order chi connectivity index (χ1) is 9.49. The molecule has 0 aromatic heterocycles. The minimum Gasteiger partial charge on any atom is -0.359 e. The van der Waals surface area contributed by atoms with Crippen molar-refractivity contribution in [2.75, 3.05) is 5.32 Å². The zero-order valence-corrected chi connectivity index (χ0v) is 13.9. The normalized spacial score (nSPS) is 26.1. The second-order valence-electron chi connectivity index (χ2n) is 5.88. The molecule has 3 unspecified atom stereocenters. The van der Waals surface area contributed by atoms with E-state index >= 15 is 0 Å². The standard InChI is InChI=1S/C16H23ClN2S/c1-10-6-4-8-14(11(10)2)18-16(20)19-15-9-5-7-13(17)12(15)3/h5,7,9-11,14H,4,6,8H2,1-3H3,(H2,18,19,20). The summed E-state index contributed by atoms with van der Waals surface area (Å²) in [7, 11) is 0. The van der Waals surface area contributed by atoms with Crippen molar-refractivity contribution < 1.29 is 0 Å². The number of benzene rings is 1. The van der Waals surface area contributed by atoms with Gasteiger partial charge >= 0.3 is 0 Å². The third kappa shape index (κ3) is 3.64. The third-order valence-electron chi connectivity index (χ3n) is 4.54. The number of nitrogens with one attached hydrogen (secondary N) is 2. The van der Waals surface area contributed by atoms with Gasteiger partial charge in [0.2, 0.25) is 0 Å². The van der Waals surface area contributed by atoms with Crippen LogP contribution in [0, 0.1) is 18.8 Å². The van der Waals surface area contributed by atoms with Crippen molar-refractivity contribution in [1.82, 2.24) is 5.32 Å². The van der Waals surface area contributed by atoms with Crippen LogP contribution < -0.4 is 10.6 Å². The van der Waals surface area contributed by atoms with E-state index in [1.54, 1.807) is 0 Å². The van der Waals surface area contributed by atoms with Crippen molar-refractivity contribution in [2.24, 2.45) is 11.8 Å². The quantitative estimate of drug-likeness (QED) is 0.770. The highest BCUT2D eigenvalue weighted by Crippen LogP contribution is 2.29. The number of thiocarbonyl (C=S) groups is 1. The molecule has 2 N–H and O–H groups in total. The second-order valence-corrected chi connectivity index (χ2v) is 6.70. The highest BCUT2D eigenvalue weighted by molar-refractivity contribution is 7.80. The molecule has 0 spiro atoms. The van der Waals surface area contributed by atoms with Crippen LogP contribution in [0.15, 0.2) is 18.2 Å². The summed E-state index contributed by atoms with van der Waals surface area (Å²) in [5.74, 6) is 1.42. The van der Waals surface area contributed by atoms with Crippen molar-refractivity contribution in [3.8, 4) is 0 Å². The minimum atomic E-state index is 0.471. The maximum absolute atomic E-state index is 6.13. The Kier molecular flexibility index (Phi) is 5.28. The van der Waals surface area contributed by atoms with E-state index in [1.807, 2.05) is 25.1 Å². The van der Waals surface area contributed by atoms with Gasteiger partial charge in [0.05, 0.1) is 0 Å². The average Bonchev–Trinajstić information content (AvgIpc) is 2.40. The average molecular weight is 311 g/mol. The van der Waals surface area contributed by atoms with Crippen molar-refractivity contribution in [3.05, 3.63) is 28.8 Å². The predicted molar refractivity (Wildman–Crippen MR) is 91.5 cm³/mol. The van der Waals surface area contributed by atoms with E-state index in [9.17, 15) is 0 Å². The molecule has 1 aliphatic rings. The number of halogens is 1. The van der Waals surface area contributed by atoms with E-state index in [2.05, 4.69) is 24.5 Å². The largest absolute Gasteiger partial charge is 0.359 e. The van der Waals surface area contributed by atoms with Gasteiger partial charge in [0.25, 0.3) is 0 Å². The smallest absolute Gasteiger partial charge is 0.171 e. The van der Waals surface area contributed by atoms with Crippen LogP contribution in [0.2, 0.25) is 5.02 Å². The van der Waals surface area contributed by atoms with Gasteiger partial charge in [0.15, 0.2) is 5.11 Å². The van der Waals surface area contributed by atoms with Gasteiger partial charge in [0, 0.05) is 16.8 Å². The topological polar surface area (TPSA) is 24.1 Å². The van der Waals surface area contributed by atoms with Crippen LogP contribution in [0.1, 0.15) is 38.7 Å². The Bertz CT molecular complexity index is 489. The van der Waals surface area contributed by atoms with Gasteiger partial charge in [-0.2, -0.15) is 0 Å². The lowest BCUT2D eigenvalue weighted by Gasteiger charge is -2.35. The van der Waals surface area contributed by atoms with Crippen LogP contribution in [0.4, 0.5) is 5.69 Å². The van der Waals surface area contributed by atoms with Gasteiger partial charge < -0.3 is 10.6 Å². The Balaban J connectivity index is 1.97. The van der Waals surface area contributed by atoms with Crippen molar-refractivity contribution in [1.29, 1.82) is 0 Å². The van der Waals surface area contributed by atoms with Gasteiger partial charge in [-0.3, -0.25) is 0 Å². The van der Waals surface area contributed by atoms with Crippen LogP contribution in [-0.2, 0) is 0 Å². The summed E-state index contributed by atoms with van der Waals surface area (Å²) in [6.45, 7) is 6.64. The zero-order valence-electron chi connectivity index (χ0n) is 12.4. The molecule has 4 heteroatoms. The van der Waals surface area contributed by atoms with Crippen LogP contribution in [0.5, 0.6) is 0 Å². The Morgan fingerprint density at radius 2 is 2.05 bits per heavy atom. The molecule has 0 aliphatic heterocycles. The molecule has 0 amide bonds. The fraction of sp³-hybridized carbons (Fsp3) is 0.562. The number of hydrogen-bond donors (Lipinski definition) is 2. The van der Waals surface area contributed by atoms with Crippen LogP contribution in [0.3, 0.4) is 0 Å². The predicted octanol–water partition coefficient (Wildman–Crippen LogP) is 4.76. The first-order valence-corrected chi connectivity index (χ1v) is 8.10. The molecule has 20 heavy (non-hydrogen) atoms. The molecular weight excluding hydrogens is 288 g/mol. The van der Waals surface area contributed by atoms with Gasteiger partial charge in [-0.05, 0) is 55.1 Å². The fourth-order valence-electron chi connectivity index (χ4n) is 2.86. The summed E-state index contributed by atoms with van der Waals surface area (Å²) >= 11 is 11.6. The molecule has 1 saturated carbocycles. The summed E-state index contributed by atoms with van der Waals surface area (Å²) in [5, 5.41) is 8.20. The maximum atomic E-state index is 6.13. The molecule has 1 aromatic carbocycles. The highest BCUT2D eigenvalue weighted by Gasteiger charge is 2.27. The molecule has 0 radical (unpaired) electrons. The van der Waals surface area contributed by atoms with Crippen molar-refractivity contribution in [3.63, 3.8) is 0 Å². The summed E-state index contributed by atoms with van der Waals surface area (Å²) in [5.41, 5.74) is 2.01. The van der Waals surface area contributed by atoms with E-state index in [-0.39, 0.29) is 0 Å². The lowest BCUT2D eigenvalue weighted by molar-refractivity contribution is 0.225. The van der Waals surface area contributed by atoms with Gasteiger partial charge in [-0.1, -0.05) is 44.4 Å². The van der Waals surface area contributed by atoms with Crippen LogP contribution in [-0.4, -0.2) is 11.2 Å². The molecular formula is C16H23ClN2S. The lowest BCUT2D eigenvalue weighted by Crippen LogP contribution is -2.45. The summed E-state index contributed by atoms with van der Waals surface area (Å²) in [6, 6.07) is 6.30. The van der Waals surface area contributed by atoms with Gasteiger partial charge in [-0.25, -0.2) is 0 Å². The maximum Gasteiger partial charge on any atom is 0.171 e. The highest BCUT2D eigenvalue weighted by atomic mass is 35.5. The zero-order chi connectivity index (χ0) is 14.7. The Labute approximate surface area is 132 Å². The SMILES string of the molecule is Cc1c(Cl)cccc1NC(=S)NC1CCCC(C)C1C. The van der Waals surface area contributed by atoms with Crippen molar-refractivity contribution in [2.45, 2.75) is 46.1 Å². The number of hydrogen-bond acceptors (Lipinski definition) is 1. The minimum absolute atomic E-state index is 0.471. The summed E-state index contributed by atoms with van der Waals surface area (Å²) in [4.78, 5) is 0. The molecule has 2 nitrogen and oxygen atoms in total. The molecule has 0 saturated heterocycles. The van der Waals surface area contributed by atoms with Crippen LogP contribution in [0.25, 0.3) is 0 Å². The molecule has 2 rings (SSSR count). The van der Waals surface area contributed by atoms with Crippen molar-refractivity contribution >= 4 is 34.6 Å². The molecule has 1 aromatic rings. The molecule has 0 heterocycles. The fourth-order valence-corrected chi connectivity index (χ4v) is 3.29. The van der Waals surface area contributed by atoms with E-state index in [4.69, 9.17) is 23.8 Å². The number of rotatable bonds is 2. The van der Waals surface area contributed by atoms with Gasteiger partial charge in [-0.15, -0.1) is 0 Å². The van der Waals surface area contributed by atoms with Gasteiger partial charge in [0.1, 0.15) is 0 Å². The van der Waals surface area contributed by atoms with E-state index in [1.165, 1.54) is 19.3 Å². The van der Waals surface area contributed by atoms with E-state index in [0.717, 1.165) is 22.2 Å². The monoisotopic (exact) mass is 310 g/mol. The molecule has 1 fully saturated rings. The van der Waals surface area contributed by atoms with E-state index in [0.29, 0.717) is 17.1 Å². The second kappa shape index (κ2) is 6.77. The lowest BCUT2D eigenvalue weighted by atomic mass is 9.78. The molecule has 110 valence electrons. The number of anilines is 1. The first-order valence-electron chi connectivity index (χ1n) is 7.31. The van der Waals surface area contributed by atoms with Crippen LogP contribution >= 0.6 is 23.8 Å². The van der Waals surface area contributed by atoms with E-state index < -0.39 is 0 Å². The molecule has 1 aliphatic carbocycles. The molecule has 3 atom stereocenters. The third-order valence-corrected chi connectivity index (χ3v) is 5.17. The Morgan fingerprint density at radius 1 is 1.30 bits per heavy atom. The molecule has 0 bridgehead atoms.